The Kier molecular flexibility index (Phi) is 4.68. The van der Waals surface area contributed by atoms with E-state index in [2.05, 4.69) is 21.2 Å². The third-order valence-electron chi connectivity index (χ3n) is 5.62. The van der Waals surface area contributed by atoms with E-state index in [1.165, 1.54) is 19.1 Å². The molecule has 0 radical (unpaired) electrons. The lowest BCUT2D eigenvalue weighted by molar-refractivity contribution is -0.147. The largest absolute Gasteiger partial charge is 0.508 e. The van der Waals surface area contributed by atoms with Crippen molar-refractivity contribution in [3.63, 3.8) is 0 Å². The molecule has 2 aromatic rings. The number of aromatic hydroxyl groups is 1. The van der Waals surface area contributed by atoms with Gasteiger partial charge in [0.2, 0.25) is 11.8 Å². The van der Waals surface area contributed by atoms with Gasteiger partial charge in [-0.1, -0.05) is 33.6 Å². The van der Waals surface area contributed by atoms with Gasteiger partial charge in [-0.05, 0) is 43.3 Å². The molecule has 2 aliphatic heterocycles. The SMILES string of the molecule is C[C@]1(C(=O)O)N[C@H](c2cc(Br)ccc2O)[C@@H]2C(=O)N(c3cccc(Cl)c3)C(=O)[C@H]21. The standard InChI is InChI=1S/C20H16BrClN2O5/c1-20(19(28)29)15-14(16(23-20)12-7-9(21)5-6-13(12)25)17(26)24(18(15)27)11-4-2-3-10(22)8-11/h2-8,14-16,23,25H,1H3,(H,28,29)/t14-,15+,16-,20+/m1/s1. The minimum Gasteiger partial charge on any atom is -0.508 e. The van der Waals surface area contributed by atoms with Gasteiger partial charge in [-0.3, -0.25) is 19.7 Å². The fourth-order valence-electron chi connectivity index (χ4n) is 4.25. The molecule has 0 spiro atoms. The van der Waals surface area contributed by atoms with Crippen LogP contribution in [0.25, 0.3) is 0 Å². The maximum atomic E-state index is 13.3. The lowest BCUT2D eigenvalue weighted by Crippen LogP contribution is -2.53. The zero-order valence-electron chi connectivity index (χ0n) is 15.1. The quantitative estimate of drug-likeness (QED) is 0.584. The molecule has 7 nitrogen and oxygen atoms in total. The monoisotopic (exact) mass is 478 g/mol. The Morgan fingerprint density at radius 1 is 1.21 bits per heavy atom. The molecule has 2 heterocycles. The van der Waals surface area contributed by atoms with E-state index in [4.69, 9.17) is 11.6 Å². The Morgan fingerprint density at radius 3 is 2.59 bits per heavy atom. The van der Waals surface area contributed by atoms with Gasteiger partial charge in [0.15, 0.2) is 0 Å². The average Bonchev–Trinajstić information content (AvgIpc) is 3.11. The topological polar surface area (TPSA) is 107 Å². The smallest absolute Gasteiger partial charge is 0.324 e. The Labute approximate surface area is 179 Å². The number of carbonyl (C=O) groups excluding carboxylic acids is 2. The molecule has 2 amide bonds. The number of imide groups is 1. The molecule has 2 fully saturated rings. The number of rotatable bonds is 3. The highest BCUT2D eigenvalue weighted by atomic mass is 79.9. The van der Waals surface area contributed by atoms with Crippen LogP contribution in [0.15, 0.2) is 46.9 Å². The number of nitrogens with zero attached hydrogens (tertiary/aromatic N) is 1. The zero-order valence-corrected chi connectivity index (χ0v) is 17.4. The minimum atomic E-state index is -1.69. The van der Waals surface area contributed by atoms with Gasteiger partial charge in [0.1, 0.15) is 11.3 Å². The van der Waals surface area contributed by atoms with Crippen LogP contribution in [0.3, 0.4) is 0 Å². The molecule has 0 bridgehead atoms. The van der Waals surface area contributed by atoms with Crippen molar-refractivity contribution >= 4 is 51.0 Å². The Morgan fingerprint density at radius 2 is 1.93 bits per heavy atom. The number of phenols is 1. The number of aliphatic carboxylic acids is 1. The van der Waals surface area contributed by atoms with Crippen molar-refractivity contribution in [3.8, 4) is 5.75 Å². The van der Waals surface area contributed by atoms with Gasteiger partial charge in [0.25, 0.3) is 0 Å². The van der Waals surface area contributed by atoms with Gasteiger partial charge >= 0.3 is 5.97 Å². The molecule has 150 valence electrons. The summed E-state index contributed by atoms with van der Waals surface area (Å²) < 4.78 is 0.649. The molecule has 0 unspecified atom stereocenters. The molecule has 4 atom stereocenters. The first kappa shape index (κ1) is 19.9. The van der Waals surface area contributed by atoms with E-state index in [9.17, 15) is 24.6 Å². The molecule has 3 N–H and O–H groups in total. The molecular formula is C20H16BrClN2O5. The van der Waals surface area contributed by atoms with Gasteiger partial charge < -0.3 is 10.2 Å². The first-order chi connectivity index (χ1) is 13.6. The number of halogens is 2. The summed E-state index contributed by atoms with van der Waals surface area (Å²) >= 11 is 9.34. The van der Waals surface area contributed by atoms with Crippen molar-refractivity contribution in [1.29, 1.82) is 0 Å². The van der Waals surface area contributed by atoms with Crippen LogP contribution in [0.1, 0.15) is 18.5 Å². The van der Waals surface area contributed by atoms with Gasteiger partial charge in [-0.2, -0.15) is 0 Å². The van der Waals surface area contributed by atoms with Gasteiger partial charge in [-0.15, -0.1) is 0 Å². The third kappa shape index (κ3) is 2.94. The van der Waals surface area contributed by atoms with Crippen molar-refractivity contribution in [2.24, 2.45) is 11.8 Å². The number of carboxylic acids is 1. The summed E-state index contributed by atoms with van der Waals surface area (Å²) in [5.41, 5.74) is -1.07. The second kappa shape index (κ2) is 6.83. The van der Waals surface area contributed by atoms with Crippen molar-refractivity contribution in [3.05, 3.63) is 57.5 Å². The fourth-order valence-corrected chi connectivity index (χ4v) is 4.81. The maximum absolute atomic E-state index is 13.3. The molecule has 9 heteroatoms. The number of carboxylic acid groups (broad SMARTS) is 1. The Balaban J connectivity index is 1.86. The second-order valence-electron chi connectivity index (χ2n) is 7.33. The van der Waals surface area contributed by atoms with Crippen LogP contribution in [0.2, 0.25) is 5.02 Å². The number of anilines is 1. The fraction of sp³-hybridized carbons (Fsp3) is 0.250. The van der Waals surface area contributed by atoms with Crippen LogP contribution in [0.4, 0.5) is 5.69 Å². The van der Waals surface area contributed by atoms with Crippen molar-refractivity contribution in [2.75, 3.05) is 4.90 Å². The van der Waals surface area contributed by atoms with Crippen LogP contribution in [-0.4, -0.2) is 33.5 Å². The normalized spacial score (nSPS) is 28.7. The number of fused-ring (bicyclic) bond motifs is 1. The van der Waals surface area contributed by atoms with E-state index in [1.54, 1.807) is 30.3 Å². The summed E-state index contributed by atoms with van der Waals surface area (Å²) in [7, 11) is 0. The Hall–Kier alpha value is -2.42. The number of hydrogen-bond donors (Lipinski definition) is 3. The highest BCUT2D eigenvalue weighted by molar-refractivity contribution is 9.10. The Bertz CT molecular complexity index is 1060. The van der Waals surface area contributed by atoms with E-state index in [-0.39, 0.29) is 11.4 Å². The first-order valence-electron chi connectivity index (χ1n) is 8.78. The molecule has 4 rings (SSSR count). The molecule has 2 aromatic carbocycles. The van der Waals surface area contributed by atoms with E-state index < -0.39 is 41.2 Å². The molecule has 0 aromatic heterocycles. The molecule has 2 aliphatic rings. The number of phenolic OH excluding ortho intramolecular Hbond substituents is 1. The minimum absolute atomic E-state index is 0.0967. The van der Waals surface area contributed by atoms with E-state index in [1.807, 2.05) is 0 Å². The highest BCUT2D eigenvalue weighted by Gasteiger charge is 2.67. The van der Waals surface area contributed by atoms with Crippen molar-refractivity contribution in [2.45, 2.75) is 18.5 Å². The summed E-state index contributed by atoms with van der Waals surface area (Å²) in [6.45, 7) is 1.38. The summed E-state index contributed by atoms with van der Waals surface area (Å²) in [6, 6.07) is 10.1. The van der Waals surface area contributed by atoms with Crippen LogP contribution in [0, 0.1) is 11.8 Å². The zero-order chi connectivity index (χ0) is 21.1. The predicted molar refractivity (Wildman–Crippen MR) is 109 cm³/mol. The molecule has 0 saturated carbocycles. The summed E-state index contributed by atoms with van der Waals surface area (Å²) in [4.78, 5) is 39.7. The lowest BCUT2D eigenvalue weighted by atomic mass is 9.80. The number of carbonyl (C=O) groups is 3. The van der Waals surface area contributed by atoms with Crippen LogP contribution in [0.5, 0.6) is 5.75 Å². The van der Waals surface area contributed by atoms with Gasteiger partial charge in [-0.25, -0.2) is 4.90 Å². The molecule has 29 heavy (non-hydrogen) atoms. The van der Waals surface area contributed by atoms with Crippen molar-refractivity contribution < 1.29 is 24.6 Å². The van der Waals surface area contributed by atoms with Crippen LogP contribution in [-0.2, 0) is 14.4 Å². The summed E-state index contributed by atoms with van der Waals surface area (Å²) in [5.74, 6) is -4.64. The lowest BCUT2D eigenvalue weighted by Gasteiger charge is -2.27. The highest BCUT2D eigenvalue weighted by Crippen LogP contribution is 2.51. The van der Waals surface area contributed by atoms with E-state index in [0.29, 0.717) is 15.1 Å². The summed E-state index contributed by atoms with van der Waals surface area (Å²) in [5, 5.41) is 23.5. The number of hydrogen-bond acceptors (Lipinski definition) is 5. The summed E-state index contributed by atoms with van der Waals surface area (Å²) in [6.07, 6.45) is 0. The van der Waals surface area contributed by atoms with Gasteiger partial charge in [0.05, 0.1) is 17.5 Å². The number of amides is 2. The van der Waals surface area contributed by atoms with Crippen LogP contribution >= 0.6 is 27.5 Å². The van der Waals surface area contributed by atoms with Crippen molar-refractivity contribution in [1.82, 2.24) is 5.32 Å². The second-order valence-corrected chi connectivity index (χ2v) is 8.68. The molecule has 0 aliphatic carbocycles. The predicted octanol–water partition coefficient (Wildman–Crippen LogP) is 3.10. The van der Waals surface area contributed by atoms with Gasteiger partial charge in [0, 0.05) is 21.1 Å². The average molecular weight is 480 g/mol. The number of nitrogens with one attached hydrogen (secondary N) is 1. The van der Waals surface area contributed by atoms with E-state index >= 15 is 0 Å². The number of benzene rings is 2. The van der Waals surface area contributed by atoms with E-state index in [0.717, 1.165) is 4.90 Å². The first-order valence-corrected chi connectivity index (χ1v) is 9.95. The molecule has 2 saturated heterocycles. The maximum Gasteiger partial charge on any atom is 0.324 e. The third-order valence-corrected chi connectivity index (χ3v) is 6.35. The molecular weight excluding hydrogens is 464 g/mol. The van der Waals surface area contributed by atoms with Crippen LogP contribution < -0.4 is 10.2 Å².